The first-order valence-electron chi connectivity index (χ1n) is 6.43. The van der Waals surface area contributed by atoms with Crippen molar-refractivity contribution in [3.63, 3.8) is 0 Å². The number of rotatable bonds is 1. The van der Waals surface area contributed by atoms with Gasteiger partial charge in [-0.05, 0) is 20.8 Å². The first-order valence-corrected chi connectivity index (χ1v) is 6.43. The molecule has 1 amide bonds. The summed E-state index contributed by atoms with van der Waals surface area (Å²) in [5.74, 6) is 0.203. The number of nitrogens with two attached hydrogens (primary N) is 1. The molecular formula is C12H23N3O3. The van der Waals surface area contributed by atoms with Gasteiger partial charge in [0.2, 0.25) is 0 Å². The lowest BCUT2D eigenvalue weighted by Gasteiger charge is -2.31. The first kappa shape index (κ1) is 13.6. The second-order valence-electron chi connectivity index (χ2n) is 6.10. The second-order valence-corrected chi connectivity index (χ2v) is 6.10. The standard InChI is InChI=1S/C12H23N3O3/c1-12(2,3)18-11(17)15-8-5-14-4-7(8)10(13)9(15)6-16/h7-10,14,16H,4-6,13H2,1-3H3/t7-,8+,9+,10+/m0/s1. The lowest BCUT2D eigenvalue weighted by Crippen LogP contribution is -2.50. The van der Waals surface area contributed by atoms with Gasteiger partial charge in [-0.25, -0.2) is 4.79 Å². The maximum Gasteiger partial charge on any atom is 0.410 e. The van der Waals surface area contributed by atoms with E-state index < -0.39 is 5.60 Å². The van der Waals surface area contributed by atoms with E-state index in [2.05, 4.69) is 5.32 Å². The molecule has 2 rings (SSSR count). The number of fused-ring (bicyclic) bond motifs is 1. The van der Waals surface area contributed by atoms with Crippen LogP contribution in [-0.2, 0) is 4.74 Å². The number of aliphatic hydroxyl groups excluding tert-OH is 1. The highest BCUT2D eigenvalue weighted by Crippen LogP contribution is 2.32. The minimum absolute atomic E-state index is 0.0343. The number of aliphatic hydroxyl groups is 1. The molecule has 0 bridgehead atoms. The highest BCUT2D eigenvalue weighted by atomic mass is 16.6. The van der Waals surface area contributed by atoms with Crippen LogP contribution in [0.5, 0.6) is 0 Å². The number of likely N-dealkylation sites (tertiary alicyclic amines) is 1. The van der Waals surface area contributed by atoms with Gasteiger partial charge in [0.15, 0.2) is 0 Å². The summed E-state index contributed by atoms with van der Waals surface area (Å²) in [4.78, 5) is 13.9. The Morgan fingerprint density at radius 1 is 1.50 bits per heavy atom. The van der Waals surface area contributed by atoms with Crippen LogP contribution >= 0.6 is 0 Å². The lowest BCUT2D eigenvalue weighted by atomic mass is 9.97. The summed E-state index contributed by atoms with van der Waals surface area (Å²) in [5.41, 5.74) is 5.58. The topological polar surface area (TPSA) is 87.8 Å². The molecule has 2 saturated heterocycles. The fourth-order valence-corrected chi connectivity index (χ4v) is 2.89. The molecule has 2 heterocycles. The average Bonchev–Trinajstić information content (AvgIpc) is 2.77. The maximum absolute atomic E-state index is 12.2. The maximum atomic E-state index is 12.2. The first-order chi connectivity index (χ1) is 8.35. The quantitative estimate of drug-likeness (QED) is 0.590. The highest BCUT2D eigenvalue weighted by molar-refractivity contribution is 5.70. The Balaban J connectivity index is 2.16. The van der Waals surface area contributed by atoms with Gasteiger partial charge in [-0.3, -0.25) is 4.90 Å². The van der Waals surface area contributed by atoms with Gasteiger partial charge in [0.25, 0.3) is 0 Å². The summed E-state index contributed by atoms with van der Waals surface area (Å²) in [6.45, 7) is 6.89. The van der Waals surface area contributed by atoms with Crippen molar-refractivity contribution in [3.8, 4) is 0 Å². The van der Waals surface area contributed by atoms with E-state index in [0.717, 1.165) is 6.54 Å². The zero-order chi connectivity index (χ0) is 13.5. The summed E-state index contributed by atoms with van der Waals surface area (Å²) in [6.07, 6.45) is -0.381. The molecule has 2 aliphatic heterocycles. The van der Waals surface area contributed by atoms with Gasteiger partial charge in [-0.2, -0.15) is 0 Å². The molecular weight excluding hydrogens is 234 g/mol. The van der Waals surface area contributed by atoms with Crippen LogP contribution in [-0.4, -0.2) is 59.5 Å². The number of carbonyl (C=O) groups is 1. The molecule has 2 fully saturated rings. The normalized spacial score (nSPS) is 35.7. The Hall–Kier alpha value is -0.850. The van der Waals surface area contributed by atoms with Crippen LogP contribution in [0, 0.1) is 5.92 Å². The van der Waals surface area contributed by atoms with Crippen molar-refractivity contribution in [1.29, 1.82) is 0 Å². The van der Waals surface area contributed by atoms with E-state index >= 15 is 0 Å². The zero-order valence-electron chi connectivity index (χ0n) is 11.2. The van der Waals surface area contributed by atoms with E-state index in [1.165, 1.54) is 0 Å². The van der Waals surface area contributed by atoms with Gasteiger partial charge < -0.3 is 20.9 Å². The zero-order valence-corrected chi connectivity index (χ0v) is 11.2. The van der Waals surface area contributed by atoms with E-state index in [0.29, 0.717) is 6.54 Å². The van der Waals surface area contributed by atoms with Gasteiger partial charge in [0.1, 0.15) is 5.60 Å². The van der Waals surface area contributed by atoms with E-state index in [-0.39, 0.29) is 36.7 Å². The largest absolute Gasteiger partial charge is 0.444 e. The molecule has 0 aliphatic carbocycles. The summed E-state index contributed by atoms with van der Waals surface area (Å²) >= 11 is 0. The number of nitrogens with one attached hydrogen (secondary N) is 1. The molecule has 18 heavy (non-hydrogen) atoms. The number of ether oxygens (including phenoxy) is 1. The van der Waals surface area contributed by atoms with E-state index in [1.54, 1.807) is 4.90 Å². The van der Waals surface area contributed by atoms with Crippen molar-refractivity contribution in [2.45, 2.75) is 44.5 Å². The number of amides is 1. The fourth-order valence-electron chi connectivity index (χ4n) is 2.89. The van der Waals surface area contributed by atoms with Crippen molar-refractivity contribution in [2.75, 3.05) is 19.7 Å². The molecule has 4 N–H and O–H groups in total. The Kier molecular flexibility index (Phi) is 3.53. The molecule has 2 aliphatic rings. The molecule has 6 heteroatoms. The molecule has 0 unspecified atom stereocenters. The third kappa shape index (κ3) is 2.32. The van der Waals surface area contributed by atoms with E-state index in [9.17, 15) is 9.90 Å². The Labute approximate surface area is 107 Å². The molecule has 4 atom stereocenters. The minimum Gasteiger partial charge on any atom is -0.444 e. The van der Waals surface area contributed by atoms with Crippen molar-refractivity contribution in [2.24, 2.45) is 11.7 Å². The Morgan fingerprint density at radius 2 is 2.17 bits per heavy atom. The summed E-state index contributed by atoms with van der Waals surface area (Å²) in [7, 11) is 0. The van der Waals surface area contributed by atoms with Crippen molar-refractivity contribution in [3.05, 3.63) is 0 Å². The Bertz CT molecular complexity index is 327. The van der Waals surface area contributed by atoms with Crippen molar-refractivity contribution in [1.82, 2.24) is 10.2 Å². The predicted octanol–water partition coefficient (Wildman–Crippen LogP) is -0.487. The summed E-state index contributed by atoms with van der Waals surface area (Å²) in [5, 5.41) is 12.7. The van der Waals surface area contributed by atoms with Gasteiger partial charge >= 0.3 is 6.09 Å². The summed E-state index contributed by atoms with van der Waals surface area (Å²) < 4.78 is 5.40. The minimum atomic E-state index is -0.536. The molecule has 0 spiro atoms. The second kappa shape index (κ2) is 4.68. The predicted molar refractivity (Wildman–Crippen MR) is 67.1 cm³/mol. The fraction of sp³-hybridized carbons (Fsp3) is 0.917. The van der Waals surface area contributed by atoms with Crippen LogP contribution in [0.25, 0.3) is 0 Å². The van der Waals surface area contributed by atoms with Gasteiger partial charge in [0.05, 0.1) is 18.7 Å². The highest BCUT2D eigenvalue weighted by Gasteiger charge is 2.52. The summed E-state index contributed by atoms with van der Waals surface area (Å²) in [6, 6.07) is -0.494. The van der Waals surface area contributed by atoms with Crippen LogP contribution in [0.2, 0.25) is 0 Å². The van der Waals surface area contributed by atoms with Crippen LogP contribution in [0.15, 0.2) is 0 Å². The number of nitrogens with zero attached hydrogens (tertiary/aromatic N) is 1. The Morgan fingerprint density at radius 3 is 2.72 bits per heavy atom. The van der Waals surface area contributed by atoms with Crippen LogP contribution < -0.4 is 11.1 Å². The molecule has 6 nitrogen and oxygen atoms in total. The molecule has 0 saturated carbocycles. The van der Waals surface area contributed by atoms with Gasteiger partial charge in [0, 0.05) is 25.0 Å². The van der Waals surface area contributed by atoms with Crippen LogP contribution in [0.3, 0.4) is 0 Å². The molecule has 0 radical (unpaired) electrons. The smallest absolute Gasteiger partial charge is 0.410 e. The SMILES string of the molecule is CC(C)(C)OC(=O)N1[C@H](CO)[C@H](N)[C@H]2CNC[C@H]21. The van der Waals surface area contributed by atoms with Crippen molar-refractivity contribution >= 4 is 6.09 Å². The number of hydrogen-bond acceptors (Lipinski definition) is 5. The van der Waals surface area contributed by atoms with Crippen molar-refractivity contribution < 1.29 is 14.6 Å². The third-order valence-corrected chi connectivity index (χ3v) is 3.67. The molecule has 0 aromatic carbocycles. The average molecular weight is 257 g/mol. The van der Waals surface area contributed by atoms with Crippen LogP contribution in [0.4, 0.5) is 4.79 Å². The third-order valence-electron chi connectivity index (χ3n) is 3.67. The lowest BCUT2D eigenvalue weighted by molar-refractivity contribution is 0.00865. The number of carbonyl (C=O) groups excluding carboxylic acids is 1. The van der Waals surface area contributed by atoms with Gasteiger partial charge in [-0.15, -0.1) is 0 Å². The van der Waals surface area contributed by atoms with Gasteiger partial charge in [-0.1, -0.05) is 0 Å². The van der Waals surface area contributed by atoms with E-state index in [1.807, 2.05) is 20.8 Å². The monoisotopic (exact) mass is 257 g/mol. The number of hydrogen-bond donors (Lipinski definition) is 3. The molecule has 0 aromatic heterocycles. The molecule has 0 aromatic rings. The van der Waals surface area contributed by atoms with Crippen LogP contribution in [0.1, 0.15) is 20.8 Å². The molecule has 104 valence electrons. The van der Waals surface area contributed by atoms with E-state index in [4.69, 9.17) is 10.5 Å².